The van der Waals surface area contributed by atoms with Crippen LogP contribution in [0.2, 0.25) is 0 Å². The van der Waals surface area contributed by atoms with Crippen LogP contribution in [0, 0.1) is 5.82 Å². The Morgan fingerprint density at radius 3 is 2.65 bits per heavy atom. The van der Waals surface area contributed by atoms with Crippen molar-refractivity contribution in [2.75, 3.05) is 18.8 Å². The van der Waals surface area contributed by atoms with Crippen molar-refractivity contribution in [2.24, 2.45) is 0 Å². The SMILES string of the molecule is Nc1ncnc2c1c(-c1ccc(CNC(=O)c3ccc(F)cc3C(F)(F)F)cc1)nn2[C@@H]1CCCNC1. The normalized spacial score (nSPS) is 16.2. The summed E-state index contributed by atoms with van der Waals surface area (Å²) in [5.41, 5.74) is 6.89. The molecule has 0 aliphatic carbocycles. The number of carbonyl (C=O) groups excluding carboxylic acids is 1. The average molecular weight is 513 g/mol. The zero-order valence-electron chi connectivity index (χ0n) is 19.5. The maximum atomic E-state index is 13.3. The summed E-state index contributed by atoms with van der Waals surface area (Å²) in [6, 6.07) is 9.13. The van der Waals surface area contributed by atoms with Gasteiger partial charge in [-0.2, -0.15) is 18.3 Å². The van der Waals surface area contributed by atoms with Gasteiger partial charge in [0, 0.05) is 18.7 Å². The van der Waals surface area contributed by atoms with Crippen LogP contribution in [0.3, 0.4) is 0 Å². The quantitative estimate of drug-likeness (QED) is 0.347. The summed E-state index contributed by atoms with van der Waals surface area (Å²) < 4.78 is 54.9. The number of nitrogen functional groups attached to an aromatic ring is 1. The minimum atomic E-state index is -4.86. The van der Waals surface area contributed by atoms with E-state index in [0.717, 1.165) is 43.6 Å². The van der Waals surface area contributed by atoms with E-state index in [4.69, 9.17) is 10.8 Å². The molecule has 1 aliphatic rings. The number of anilines is 1. The van der Waals surface area contributed by atoms with E-state index in [-0.39, 0.29) is 12.6 Å². The van der Waals surface area contributed by atoms with Gasteiger partial charge in [-0.25, -0.2) is 19.0 Å². The van der Waals surface area contributed by atoms with Crippen LogP contribution in [0.1, 0.15) is 40.4 Å². The molecule has 5 rings (SSSR count). The number of carbonyl (C=O) groups is 1. The molecule has 0 unspecified atom stereocenters. The number of nitrogens with one attached hydrogen (secondary N) is 2. The number of fused-ring (bicyclic) bond motifs is 1. The van der Waals surface area contributed by atoms with E-state index in [1.54, 1.807) is 24.3 Å². The van der Waals surface area contributed by atoms with Crippen LogP contribution in [0.5, 0.6) is 0 Å². The summed E-state index contributed by atoms with van der Waals surface area (Å²) in [6.45, 7) is 1.70. The highest BCUT2D eigenvalue weighted by atomic mass is 19.4. The lowest BCUT2D eigenvalue weighted by Crippen LogP contribution is -2.32. The van der Waals surface area contributed by atoms with Crippen molar-refractivity contribution >= 4 is 22.8 Å². The Morgan fingerprint density at radius 1 is 1.16 bits per heavy atom. The molecule has 1 atom stereocenters. The van der Waals surface area contributed by atoms with Gasteiger partial charge in [0.25, 0.3) is 5.91 Å². The van der Waals surface area contributed by atoms with Gasteiger partial charge in [-0.15, -0.1) is 0 Å². The third kappa shape index (κ3) is 4.96. The molecule has 8 nitrogen and oxygen atoms in total. The molecule has 0 spiro atoms. The molecule has 192 valence electrons. The lowest BCUT2D eigenvalue weighted by Gasteiger charge is -2.23. The largest absolute Gasteiger partial charge is 0.417 e. The van der Waals surface area contributed by atoms with E-state index < -0.39 is 29.0 Å². The number of halogens is 4. The molecular weight excluding hydrogens is 490 g/mol. The molecule has 1 amide bonds. The number of alkyl halides is 3. The predicted molar refractivity (Wildman–Crippen MR) is 129 cm³/mol. The van der Waals surface area contributed by atoms with E-state index >= 15 is 0 Å². The first-order valence-corrected chi connectivity index (χ1v) is 11.7. The first kappa shape index (κ1) is 24.6. The van der Waals surface area contributed by atoms with Crippen LogP contribution < -0.4 is 16.4 Å². The smallest absolute Gasteiger partial charge is 0.383 e. The van der Waals surface area contributed by atoms with Crippen molar-refractivity contribution in [3.05, 3.63) is 71.3 Å². The molecule has 37 heavy (non-hydrogen) atoms. The molecule has 4 aromatic rings. The van der Waals surface area contributed by atoms with E-state index in [9.17, 15) is 22.4 Å². The van der Waals surface area contributed by atoms with Crippen LogP contribution >= 0.6 is 0 Å². The number of aromatic nitrogens is 4. The Balaban J connectivity index is 1.37. The molecule has 3 heterocycles. The van der Waals surface area contributed by atoms with Gasteiger partial charge in [0.1, 0.15) is 23.7 Å². The zero-order valence-corrected chi connectivity index (χ0v) is 19.5. The Labute approximate surface area is 208 Å². The Hall–Kier alpha value is -4.06. The van der Waals surface area contributed by atoms with Crippen LogP contribution in [-0.2, 0) is 12.7 Å². The number of hydrogen-bond donors (Lipinski definition) is 3. The molecular formula is C25H23F4N7O. The number of amides is 1. The first-order valence-electron chi connectivity index (χ1n) is 11.7. The second kappa shape index (κ2) is 9.77. The fourth-order valence-corrected chi connectivity index (χ4v) is 4.50. The third-order valence-electron chi connectivity index (χ3n) is 6.35. The van der Waals surface area contributed by atoms with Gasteiger partial charge in [-0.3, -0.25) is 4.79 Å². The van der Waals surface area contributed by atoms with Gasteiger partial charge >= 0.3 is 6.18 Å². The lowest BCUT2D eigenvalue weighted by atomic mass is 10.1. The monoisotopic (exact) mass is 513 g/mol. The van der Waals surface area contributed by atoms with Crippen molar-refractivity contribution < 1.29 is 22.4 Å². The number of nitrogens with zero attached hydrogens (tertiary/aromatic N) is 4. The Bertz CT molecular complexity index is 1440. The summed E-state index contributed by atoms with van der Waals surface area (Å²) in [7, 11) is 0. The fraction of sp³-hybridized carbons (Fsp3) is 0.280. The van der Waals surface area contributed by atoms with Crippen LogP contribution in [0.4, 0.5) is 23.4 Å². The molecule has 1 aliphatic heterocycles. The Morgan fingerprint density at radius 2 is 1.95 bits per heavy atom. The van der Waals surface area contributed by atoms with Gasteiger partial charge in [-0.05, 0) is 43.1 Å². The molecule has 0 saturated carbocycles. The third-order valence-corrected chi connectivity index (χ3v) is 6.35. The molecule has 0 radical (unpaired) electrons. The summed E-state index contributed by atoms with van der Waals surface area (Å²) in [5.74, 6) is -1.71. The van der Waals surface area contributed by atoms with Crippen molar-refractivity contribution in [1.29, 1.82) is 0 Å². The highest BCUT2D eigenvalue weighted by Crippen LogP contribution is 2.34. The van der Waals surface area contributed by atoms with Gasteiger partial charge in [0.05, 0.1) is 22.6 Å². The highest BCUT2D eigenvalue weighted by Gasteiger charge is 2.35. The van der Waals surface area contributed by atoms with Gasteiger partial charge in [0.2, 0.25) is 0 Å². The zero-order chi connectivity index (χ0) is 26.2. The topological polar surface area (TPSA) is 111 Å². The molecule has 12 heteroatoms. The summed E-state index contributed by atoms with van der Waals surface area (Å²) in [6.07, 6.45) is -1.48. The summed E-state index contributed by atoms with van der Waals surface area (Å²) in [4.78, 5) is 21.0. The predicted octanol–water partition coefficient (Wildman–Crippen LogP) is 4.09. The van der Waals surface area contributed by atoms with Gasteiger partial charge in [0.15, 0.2) is 5.65 Å². The lowest BCUT2D eigenvalue weighted by molar-refractivity contribution is -0.138. The van der Waals surface area contributed by atoms with Crippen molar-refractivity contribution in [1.82, 2.24) is 30.4 Å². The highest BCUT2D eigenvalue weighted by molar-refractivity contribution is 5.98. The number of rotatable bonds is 5. The molecule has 0 bridgehead atoms. The van der Waals surface area contributed by atoms with E-state index in [0.29, 0.717) is 34.2 Å². The standard InChI is InChI=1S/C25H23F4N7O/c26-16-7-8-18(19(10-16)25(27,28)29)24(37)32-11-14-3-5-15(6-4-14)21-20-22(30)33-13-34-23(20)36(35-21)17-2-1-9-31-12-17/h3-8,10,13,17,31H,1-2,9,11-12H2,(H,32,37)(H2,30,33,34)/t17-/m1/s1. The van der Waals surface area contributed by atoms with E-state index in [1.807, 2.05) is 4.68 Å². The van der Waals surface area contributed by atoms with Crippen molar-refractivity contribution in [3.63, 3.8) is 0 Å². The van der Waals surface area contributed by atoms with Crippen LogP contribution in [0.25, 0.3) is 22.3 Å². The molecule has 1 saturated heterocycles. The summed E-state index contributed by atoms with van der Waals surface area (Å²) >= 11 is 0. The second-order valence-electron chi connectivity index (χ2n) is 8.82. The van der Waals surface area contributed by atoms with E-state index in [2.05, 4.69) is 20.6 Å². The molecule has 4 N–H and O–H groups in total. The number of nitrogens with two attached hydrogens (primary N) is 1. The molecule has 2 aromatic heterocycles. The van der Waals surface area contributed by atoms with Gasteiger partial charge in [-0.1, -0.05) is 24.3 Å². The van der Waals surface area contributed by atoms with Crippen molar-refractivity contribution in [3.8, 4) is 11.3 Å². The fourth-order valence-electron chi connectivity index (χ4n) is 4.50. The first-order chi connectivity index (χ1) is 17.7. The maximum Gasteiger partial charge on any atom is 0.417 e. The maximum absolute atomic E-state index is 13.3. The van der Waals surface area contributed by atoms with Crippen molar-refractivity contribution in [2.45, 2.75) is 31.6 Å². The average Bonchev–Trinajstić information content (AvgIpc) is 3.28. The number of benzene rings is 2. The van der Waals surface area contributed by atoms with Crippen LogP contribution in [-0.4, -0.2) is 38.7 Å². The van der Waals surface area contributed by atoms with Crippen LogP contribution in [0.15, 0.2) is 48.8 Å². The molecule has 2 aromatic carbocycles. The minimum Gasteiger partial charge on any atom is -0.383 e. The molecule has 1 fully saturated rings. The van der Waals surface area contributed by atoms with Gasteiger partial charge < -0.3 is 16.4 Å². The number of piperidine rings is 1. The minimum absolute atomic E-state index is 0.0258. The number of hydrogen-bond acceptors (Lipinski definition) is 6. The summed E-state index contributed by atoms with van der Waals surface area (Å²) in [5, 5.41) is 11.3. The van der Waals surface area contributed by atoms with E-state index in [1.165, 1.54) is 6.33 Å². The Kier molecular flexibility index (Phi) is 6.50. The second-order valence-corrected chi connectivity index (χ2v) is 8.82.